The SMILES string of the molecule is CC(=O)OC(C)(C)C1CCOCO1. The van der Waals surface area contributed by atoms with Crippen LogP contribution in [0.5, 0.6) is 0 Å². The first-order valence-corrected chi connectivity index (χ1v) is 4.41. The molecule has 0 aromatic heterocycles. The van der Waals surface area contributed by atoms with E-state index in [4.69, 9.17) is 14.2 Å². The van der Waals surface area contributed by atoms with Gasteiger partial charge in [0.25, 0.3) is 0 Å². The molecule has 0 aromatic carbocycles. The molecule has 1 fully saturated rings. The molecular weight excluding hydrogens is 172 g/mol. The first-order valence-electron chi connectivity index (χ1n) is 4.41. The largest absolute Gasteiger partial charge is 0.457 e. The fourth-order valence-electron chi connectivity index (χ4n) is 1.45. The Kier molecular flexibility index (Phi) is 3.27. The maximum Gasteiger partial charge on any atom is 0.303 e. The van der Waals surface area contributed by atoms with Crippen LogP contribution in [0.1, 0.15) is 27.2 Å². The van der Waals surface area contributed by atoms with Crippen molar-refractivity contribution < 1.29 is 19.0 Å². The predicted octanol–water partition coefficient (Wildman–Crippen LogP) is 1.09. The van der Waals surface area contributed by atoms with Gasteiger partial charge in [0.1, 0.15) is 18.5 Å². The Bertz CT molecular complexity index is 182. The monoisotopic (exact) mass is 188 g/mol. The van der Waals surface area contributed by atoms with Gasteiger partial charge in [-0.05, 0) is 13.8 Å². The molecule has 0 saturated carbocycles. The lowest BCUT2D eigenvalue weighted by atomic mass is 9.98. The van der Waals surface area contributed by atoms with Crippen molar-refractivity contribution in [1.82, 2.24) is 0 Å². The molecule has 1 heterocycles. The summed E-state index contributed by atoms with van der Waals surface area (Å²) in [7, 11) is 0. The van der Waals surface area contributed by atoms with Crippen LogP contribution in [0, 0.1) is 0 Å². The van der Waals surface area contributed by atoms with Gasteiger partial charge < -0.3 is 14.2 Å². The van der Waals surface area contributed by atoms with Gasteiger partial charge in [0.15, 0.2) is 0 Å². The highest BCUT2D eigenvalue weighted by atomic mass is 16.7. The highest BCUT2D eigenvalue weighted by molar-refractivity contribution is 5.66. The topological polar surface area (TPSA) is 44.8 Å². The van der Waals surface area contributed by atoms with Crippen molar-refractivity contribution in [2.75, 3.05) is 13.4 Å². The second-order valence-corrected chi connectivity index (χ2v) is 3.67. The van der Waals surface area contributed by atoms with Crippen LogP contribution in [-0.2, 0) is 19.0 Å². The van der Waals surface area contributed by atoms with Crippen LogP contribution < -0.4 is 0 Å². The van der Waals surface area contributed by atoms with Crippen LogP contribution in [0.3, 0.4) is 0 Å². The lowest BCUT2D eigenvalue weighted by Gasteiger charge is -2.35. The van der Waals surface area contributed by atoms with E-state index in [1.807, 2.05) is 13.8 Å². The molecule has 4 heteroatoms. The van der Waals surface area contributed by atoms with Crippen LogP contribution in [0.4, 0.5) is 0 Å². The fraction of sp³-hybridized carbons (Fsp3) is 0.889. The quantitative estimate of drug-likeness (QED) is 0.608. The van der Waals surface area contributed by atoms with E-state index < -0.39 is 5.60 Å². The van der Waals surface area contributed by atoms with E-state index in [1.54, 1.807) is 0 Å². The van der Waals surface area contributed by atoms with Crippen molar-refractivity contribution in [3.05, 3.63) is 0 Å². The molecular formula is C9H16O4. The third-order valence-corrected chi connectivity index (χ3v) is 2.06. The van der Waals surface area contributed by atoms with Gasteiger partial charge in [0.05, 0.1) is 6.61 Å². The first-order chi connectivity index (χ1) is 6.02. The van der Waals surface area contributed by atoms with Crippen molar-refractivity contribution in [2.45, 2.75) is 38.9 Å². The van der Waals surface area contributed by atoms with Crippen LogP contribution >= 0.6 is 0 Å². The van der Waals surface area contributed by atoms with Gasteiger partial charge in [0.2, 0.25) is 0 Å². The zero-order valence-electron chi connectivity index (χ0n) is 8.33. The minimum Gasteiger partial charge on any atom is -0.457 e. The molecule has 76 valence electrons. The minimum absolute atomic E-state index is 0.0647. The number of carbonyl (C=O) groups is 1. The Morgan fingerprint density at radius 1 is 1.54 bits per heavy atom. The maximum absolute atomic E-state index is 10.8. The minimum atomic E-state index is -0.560. The van der Waals surface area contributed by atoms with E-state index >= 15 is 0 Å². The summed E-state index contributed by atoms with van der Waals surface area (Å²) in [4.78, 5) is 10.8. The third kappa shape index (κ3) is 2.97. The Labute approximate surface area is 78.2 Å². The van der Waals surface area contributed by atoms with Crippen molar-refractivity contribution in [3.8, 4) is 0 Å². The van der Waals surface area contributed by atoms with Crippen LogP contribution in [-0.4, -0.2) is 31.1 Å². The smallest absolute Gasteiger partial charge is 0.303 e. The van der Waals surface area contributed by atoms with Gasteiger partial charge in [0, 0.05) is 13.3 Å². The standard InChI is InChI=1S/C9H16O4/c1-7(10)13-9(2,3)8-4-5-11-6-12-8/h8H,4-6H2,1-3H3. The maximum atomic E-state index is 10.8. The molecule has 0 spiro atoms. The Balaban J connectivity index is 2.50. The summed E-state index contributed by atoms with van der Waals surface area (Å²) in [5.41, 5.74) is -0.560. The molecule has 1 atom stereocenters. The number of rotatable bonds is 2. The van der Waals surface area contributed by atoms with Crippen molar-refractivity contribution in [2.24, 2.45) is 0 Å². The van der Waals surface area contributed by atoms with Gasteiger partial charge in [-0.3, -0.25) is 4.79 Å². The summed E-state index contributed by atoms with van der Waals surface area (Å²) in [5.74, 6) is -0.278. The van der Waals surface area contributed by atoms with Gasteiger partial charge in [-0.2, -0.15) is 0 Å². The fourth-order valence-corrected chi connectivity index (χ4v) is 1.45. The highest BCUT2D eigenvalue weighted by Gasteiger charge is 2.34. The van der Waals surface area contributed by atoms with Crippen molar-refractivity contribution >= 4 is 5.97 Å². The second-order valence-electron chi connectivity index (χ2n) is 3.67. The molecule has 0 amide bonds. The first kappa shape index (κ1) is 10.5. The molecule has 0 N–H and O–H groups in total. The van der Waals surface area contributed by atoms with E-state index in [9.17, 15) is 4.79 Å². The molecule has 4 nitrogen and oxygen atoms in total. The van der Waals surface area contributed by atoms with E-state index in [0.29, 0.717) is 6.61 Å². The number of hydrogen-bond acceptors (Lipinski definition) is 4. The van der Waals surface area contributed by atoms with E-state index in [0.717, 1.165) is 6.42 Å². The van der Waals surface area contributed by atoms with Gasteiger partial charge in [-0.1, -0.05) is 0 Å². The molecule has 1 aliphatic rings. The zero-order chi connectivity index (χ0) is 9.90. The van der Waals surface area contributed by atoms with E-state index in [1.165, 1.54) is 6.92 Å². The third-order valence-electron chi connectivity index (χ3n) is 2.06. The molecule has 0 aromatic rings. The lowest BCUT2D eigenvalue weighted by Crippen LogP contribution is -2.45. The molecule has 13 heavy (non-hydrogen) atoms. The molecule has 1 rings (SSSR count). The molecule has 1 aliphatic heterocycles. The molecule has 0 radical (unpaired) electrons. The average Bonchev–Trinajstić information content (AvgIpc) is 2.04. The average molecular weight is 188 g/mol. The summed E-state index contributed by atoms with van der Waals surface area (Å²) in [6.07, 6.45) is 0.699. The second kappa shape index (κ2) is 4.07. The molecule has 1 saturated heterocycles. The summed E-state index contributed by atoms with van der Waals surface area (Å²) >= 11 is 0. The summed E-state index contributed by atoms with van der Waals surface area (Å²) in [6, 6.07) is 0. The Hall–Kier alpha value is -0.610. The van der Waals surface area contributed by atoms with E-state index in [-0.39, 0.29) is 18.9 Å². The van der Waals surface area contributed by atoms with Crippen molar-refractivity contribution in [1.29, 1.82) is 0 Å². The Morgan fingerprint density at radius 3 is 2.69 bits per heavy atom. The Morgan fingerprint density at radius 2 is 2.23 bits per heavy atom. The summed E-state index contributed by atoms with van der Waals surface area (Å²) < 4.78 is 15.5. The highest BCUT2D eigenvalue weighted by Crippen LogP contribution is 2.23. The van der Waals surface area contributed by atoms with Crippen LogP contribution in [0.15, 0.2) is 0 Å². The molecule has 0 aliphatic carbocycles. The van der Waals surface area contributed by atoms with Gasteiger partial charge >= 0.3 is 5.97 Å². The number of carbonyl (C=O) groups excluding carboxylic acids is 1. The van der Waals surface area contributed by atoms with Gasteiger partial charge in [-0.25, -0.2) is 0 Å². The summed E-state index contributed by atoms with van der Waals surface area (Å²) in [6.45, 7) is 6.06. The van der Waals surface area contributed by atoms with Crippen LogP contribution in [0.2, 0.25) is 0 Å². The summed E-state index contributed by atoms with van der Waals surface area (Å²) in [5, 5.41) is 0. The normalized spacial score (nSPS) is 24.1. The zero-order valence-corrected chi connectivity index (χ0v) is 8.33. The number of ether oxygens (including phenoxy) is 3. The van der Waals surface area contributed by atoms with Gasteiger partial charge in [-0.15, -0.1) is 0 Å². The lowest BCUT2D eigenvalue weighted by molar-refractivity contribution is -0.208. The predicted molar refractivity (Wildman–Crippen MR) is 46.2 cm³/mol. The number of hydrogen-bond donors (Lipinski definition) is 0. The van der Waals surface area contributed by atoms with Crippen molar-refractivity contribution in [3.63, 3.8) is 0 Å². The number of esters is 1. The van der Waals surface area contributed by atoms with E-state index in [2.05, 4.69) is 0 Å². The molecule has 0 bridgehead atoms. The van der Waals surface area contributed by atoms with Crippen LogP contribution in [0.25, 0.3) is 0 Å². The molecule has 1 unspecified atom stereocenters.